The molecule has 0 saturated heterocycles. The molecule has 2 atom stereocenters. The van der Waals surface area contributed by atoms with E-state index in [1.807, 2.05) is 18.2 Å². The van der Waals surface area contributed by atoms with Crippen LogP contribution in [-0.2, 0) is 13.2 Å². The molecule has 2 aromatic carbocycles. The fourth-order valence-electron chi connectivity index (χ4n) is 2.90. The first-order chi connectivity index (χ1) is 12.3. The largest absolute Gasteiger partial charge is 0.489 e. The lowest BCUT2D eigenvalue weighted by molar-refractivity contribution is 0.306. The summed E-state index contributed by atoms with van der Waals surface area (Å²) in [6.07, 6.45) is 1.15. The molecular weight excluding hydrogens is 332 g/mol. The number of nitrogens with one attached hydrogen (secondary N) is 1. The first-order valence-electron chi connectivity index (χ1n) is 8.36. The van der Waals surface area contributed by atoms with E-state index < -0.39 is 0 Å². The number of anilines is 1. The van der Waals surface area contributed by atoms with Crippen LogP contribution < -0.4 is 15.8 Å². The number of hydrogen-bond donors (Lipinski definition) is 2. The summed E-state index contributed by atoms with van der Waals surface area (Å²) in [4.78, 5) is 4.17. The maximum absolute atomic E-state index is 5.84. The zero-order chi connectivity index (χ0) is 17.1. The Kier molecular flexibility index (Phi) is 4.63. The Hall–Kier alpha value is -2.44. The summed E-state index contributed by atoms with van der Waals surface area (Å²) in [6, 6.07) is 19.1. The van der Waals surface area contributed by atoms with Gasteiger partial charge < -0.3 is 15.8 Å². The number of ether oxygens (including phenoxy) is 1. The third-order valence-electron chi connectivity index (χ3n) is 4.35. The molecule has 1 heterocycles. The Morgan fingerprint density at radius 3 is 2.64 bits per heavy atom. The number of nitrogens with zero attached hydrogens (tertiary/aromatic N) is 2. The number of nitrogens with two attached hydrogens (primary N) is 1. The molecule has 1 fully saturated rings. The Morgan fingerprint density at radius 1 is 1.12 bits per heavy atom. The van der Waals surface area contributed by atoms with E-state index in [1.165, 1.54) is 22.7 Å². The molecule has 0 unspecified atom stereocenters. The Bertz CT molecular complexity index is 819. The molecule has 4 rings (SSSR count). The molecule has 1 aliphatic rings. The van der Waals surface area contributed by atoms with Gasteiger partial charge in [0.05, 0.1) is 0 Å². The molecule has 5 nitrogen and oxygen atoms in total. The van der Waals surface area contributed by atoms with Crippen LogP contribution in [0.1, 0.15) is 28.5 Å². The SMILES string of the molecule is Nc1nsc(CN[C@H]2C[C@@H]2c2ccc(OCc3ccccc3)cc2)n1. The van der Waals surface area contributed by atoms with Gasteiger partial charge in [0, 0.05) is 18.5 Å². The van der Waals surface area contributed by atoms with Crippen molar-refractivity contribution in [3.8, 4) is 5.75 Å². The maximum atomic E-state index is 5.84. The van der Waals surface area contributed by atoms with Crippen molar-refractivity contribution in [1.82, 2.24) is 14.7 Å². The summed E-state index contributed by atoms with van der Waals surface area (Å²) in [6.45, 7) is 1.33. The molecule has 1 aromatic heterocycles. The van der Waals surface area contributed by atoms with Crippen LogP contribution in [0.15, 0.2) is 54.6 Å². The second kappa shape index (κ2) is 7.21. The highest BCUT2D eigenvalue weighted by Gasteiger charge is 2.37. The van der Waals surface area contributed by atoms with Gasteiger partial charge in [-0.1, -0.05) is 42.5 Å². The highest BCUT2D eigenvalue weighted by Crippen LogP contribution is 2.41. The van der Waals surface area contributed by atoms with Crippen LogP contribution in [0.2, 0.25) is 0 Å². The third kappa shape index (κ3) is 4.15. The molecule has 1 aliphatic carbocycles. The second-order valence-electron chi connectivity index (χ2n) is 6.22. The standard InChI is InChI=1S/C19H20N4OS/c20-19-22-18(25-23-19)11-21-17-10-16(17)14-6-8-15(9-7-14)24-12-13-4-2-1-3-5-13/h1-9,16-17,21H,10-12H2,(H2,20,23)/t16-,17+/m1/s1. The minimum Gasteiger partial charge on any atom is -0.489 e. The van der Waals surface area contributed by atoms with Crippen LogP contribution in [0, 0.1) is 0 Å². The average Bonchev–Trinajstić information content (AvgIpc) is 3.32. The van der Waals surface area contributed by atoms with E-state index in [-0.39, 0.29) is 0 Å². The van der Waals surface area contributed by atoms with E-state index >= 15 is 0 Å². The number of benzene rings is 2. The van der Waals surface area contributed by atoms with Crippen LogP contribution in [0.5, 0.6) is 5.75 Å². The highest BCUT2D eigenvalue weighted by atomic mass is 32.1. The number of nitrogen functional groups attached to an aromatic ring is 1. The lowest BCUT2D eigenvalue weighted by Crippen LogP contribution is -2.17. The molecule has 0 radical (unpaired) electrons. The van der Waals surface area contributed by atoms with Crippen molar-refractivity contribution in [1.29, 1.82) is 0 Å². The number of aromatic nitrogens is 2. The second-order valence-corrected chi connectivity index (χ2v) is 7.06. The van der Waals surface area contributed by atoms with Gasteiger partial charge in [-0.25, -0.2) is 4.98 Å². The molecule has 128 valence electrons. The fraction of sp³-hybridized carbons (Fsp3) is 0.263. The lowest BCUT2D eigenvalue weighted by atomic mass is 10.1. The van der Waals surface area contributed by atoms with Gasteiger partial charge >= 0.3 is 0 Å². The molecule has 1 saturated carbocycles. The summed E-state index contributed by atoms with van der Waals surface area (Å²) in [5.74, 6) is 1.83. The predicted octanol–water partition coefficient (Wildman–Crippen LogP) is 3.35. The number of rotatable bonds is 7. The molecule has 6 heteroatoms. The van der Waals surface area contributed by atoms with Crippen LogP contribution in [0.3, 0.4) is 0 Å². The van der Waals surface area contributed by atoms with Gasteiger partial charge in [0.2, 0.25) is 5.95 Å². The van der Waals surface area contributed by atoms with Gasteiger partial charge in [-0.3, -0.25) is 0 Å². The third-order valence-corrected chi connectivity index (χ3v) is 5.07. The molecule has 3 N–H and O–H groups in total. The van der Waals surface area contributed by atoms with Crippen molar-refractivity contribution in [2.24, 2.45) is 0 Å². The molecule has 25 heavy (non-hydrogen) atoms. The Balaban J connectivity index is 1.26. The molecule has 0 aliphatic heterocycles. The van der Waals surface area contributed by atoms with E-state index in [4.69, 9.17) is 10.5 Å². The van der Waals surface area contributed by atoms with E-state index in [2.05, 4.69) is 51.1 Å². The van der Waals surface area contributed by atoms with Crippen molar-refractivity contribution in [3.05, 3.63) is 70.7 Å². The molecular formula is C19H20N4OS. The summed E-state index contributed by atoms with van der Waals surface area (Å²) in [7, 11) is 0. The Labute approximate surface area is 151 Å². The van der Waals surface area contributed by atoms with Crippen molar-refractivity contribution in [2.75, 3.05) is 5.73 Å². The maximum Gasteiger partial charge on any atom is 0.232 e. The van der Waals surface area contributed by atoms with Gasteiger partial charge in [0.25, 0.3) is 0 Å². The normalized spacial score (nSPS) is 18.9. The first-order valence-corrected chi connectivity index (χ1v) is 9.13. The van der Waals surface area contributed by atoms with Crippen LogP contribution in [0.4, 0.5) is 5.95 Å². The zero-order valence-electron chi connectivity index (χ0n) is 13.8. The van der Waals surface area contributed by atoms with E-state index in [0.717, 1.165) is 23.7 Å². The minimum absolute atomic E-state index is 0.361. The lowest BCUT2D eigenvalue weighted by Gasteiger charge is -2.07. The highest BCUT2D eigenvalue weighted by molar-refractivity contribution is 7.05. The molecule has 0 spiro atoms. The van der Waals surface area contributed by atoms with Crippen LogP contribution >= 0.6 is 11.5 Å². The first kappa shape index (κ1) is 16.1. The van der Waals surface area contributed by atoms with E-state index in [9.17, 15) is 0 Å². The van der Waals surface area contributed by atoms with Gasteiger partial charge in [-0.2, -0.15) is 4.37 Å². The fourth-order valence-corrected chi connectivity index (χ4v) is 3.42. The summed E-state index contributed by atoms with van der Waals surface area (Å²) >= 11 is 1.36. The van der Waals surface area contributed by atoms with Gasteiger partial charge in [-0.05, 0) is 41.2 Å². The van der Waals surface area contributed by atoms with Gasteiger partial charge in [-0.15, -0.1) is 0 Å². The molecule has 0 bridgehead atoms. The predicted molar refractivity (Wildman–Crippen MR) is 99.5 cm³/mol. The molecule has 0 amide bonds. The van der Waals surface area contributed by atoms with Gasteiger partial charge in [0.1, 0.15) is 17.4 Å². The summed E-state index contributed by atoms with van der Waals surface area (Å²) < 4.78 is 9.84. The monoisotopic (exact) mass is 352 g/mol. The molecule has 3 aromatic rings. The van der Waals surface area contributed by atoms with E-state index in [0.29, 0.717) is 24.5 Å². The van der Waals surface area contributed by atoms with Crippen LogP contribution in [0.25, 0.3) is 0 Å². The number of hydrogen-bond acceptors (Lipinski definition) is 6. The zero-order valence-corrected chi connectivity index (χ0v) is 14.6. The van der Waals surface area contributed by atoms with Crippen molar-refractivity contribution in [2.45, 2.75) is 31.5 Å². The van der Waals surface area contributed by atoms with Gasteiger partial charge in [0.15, 0.2) is 0 Å². The van der Waals surface area contributed by atoms with Crippen molar-refractivity contribution in [3.63, 3.8) is 0 Å². The average molecular weight is 352 g/mol. The summed E-state index contributed by atoms with van der Waals surface area (Å²) in [5.41, 5.74) is 8.07. The smallest absolute Gasteiger partial charge is 0.232 e. The summed E-state index contributed by atoms with van der Waals surface area (Å²) in [5, 5.41) is 4.45. The minimum atomic E-state index is 0.361. The quantitative estimate of drug-likeness (QED) is 0.682. The van der Waals surface area contributed by atoms with Crippen LogP contribution in [-0.4, -0.2) is 15.4 Å². The van der Waals surface area contributed by atoms with Crippen molar-refractivity contribution >= 4 is 17.5 Å². The van der Waals surface area contributed by atoms with E-state index in [1.54, 1.807) is 0 Å². The van der Waals surface area contributed by atoms with Crippen molar-refractivity contribution < 1.29 is 4.74 Å². The Morgan fingerprint density at radius 2 is 1.92 bits per heavy atom. The topological polar surface area (TPSA) is 73.1 Å².